The molecule has 1 rings (SSSR count). The highest BCUT2D eigenvalue weighted by molar-refractivity contribution is 5.97. The summed E-state index contributed by atoms with van der Waals surface area (Å²) in [5.74, 6) is -4.00. The molecule has 0 aliphatic rings. The molecule has 0 fully saturated rings. The van der Waals surface area contributed by atoms with Gasteiger partial charge in [-0.2, -0.15) is 0 Å². The molecule has 0 atom stereocenters. The van der Waals surface area contributed by atoms with Crippen LogP contribution in [0.4, 0.5) is 8.78 Å². The first-order chi connectivity index (χ1) is 6.06. The zero-order chi connectivity index (χ0) is 10.0. The Morgan fingerprint density at radius 3 is 2.31 bits per heavy atom. The predicted octanol–water partition coefficient (Wildman–Crippen LogP) is 1.48. The van der Waals surface area contributed by atoms with E-state index in [1.807, 2.05) is 0 Å². The molecule has 0 bridgehead atoms. The normalized spacial score (nSPS) is 9.69. The van der Waals surface area contributed by atoms with Crippen molar-refractivity contribution in [2.24, 2.45) is 0 Å². The van der Waals surface area contributed by atoms with E-state index in [0.717, 1.165) is 0 Å². The summed E-state index contributed by atoms with van der Waals surface area (Å²) in [6.07, 6.45) is 0.159. The number of aldehydes is 1. The summed E-state index contributed by atoms with van der Waals surface area (Å²) in [5.41, 5.74) is -0.930. The second-order valence-corrected chi connectivity index (χ2v) is 2.28. The summed E-state index contributed by atoms with van der Waals surface area (Å²) in [6, 6.07) is 1.02. The van der Waals surface area contributed by atoms with E-state index in [2.05, 4.69) is 0 Å². The van der Waals surface area contributed by atoms with Gasteiger partial charge in [-0.25, -0.2) is 13.6 Å². The van der Waals surface area contributed by atoms with Crippen LogP contribution >= 0.6 is 0 Å². The molecule has 1 N–H and O–H groups in total. The van der Waals surface area contributed by atoms with Gasteiger partial charge < -0.3 is 5.11 Å². The average molecular weight is 186 g/mol. The second kappa shape index (κ2) is 3.30. The van der Waals surface area contributed by atoms with Crippen molar-refractivity contribution in [3.05, 3.63) is 34.9 Å². The summed E-state index contributed by atoms with van der Waals surface area (Å²) in [4.78, 5) is 20.6. The van der Waals surface area contributed by atoms with Gasteiger partial charge in [0.05, 0.1) is 5.56 Å². The molecule has 13 heavy (non-hydrogen) atoms. The Bertz CT molecular complexity index is 374. The van der Waals surface area contributed by atoms with Crippen LogP contribution in [-0.4, -0.2) is 17.4 Å². The van der Waals surface area contributed by atoms with Crippen LogP contribution in [0.15, 0.2) is 12.1 Å². The molecule has 0 aliphatic heterocycles. The van der Waals surface area contributed by atoms with Crippen LogP contribution in [0.5, 0.6) is 0 Å². The topological polar surface area (TPSA) is 54.4 Å². The van der Waals surface area contributed by atoms with Crippen LogP contribution in [0.3, 0.4) is 0 Å². The number of carbonyl (C=O) groups excluding carboxylic acids is 1. The Morgan fingerprint density at radius 1 is 1.31 bits per heavy atom. The summed E-state index contributed by atoms with van der Waals surface area (Å²) >= 11 is 0. The van der Waals surface area contributed by atoms with Gasteiger partial charge in [-0.05, 0) is 12.1 Å². The van der Waals surface area contributed by atoms with Gasteiger partial charge in [0.25, 0.3) is 0 Å². The lowest BCUT2D eigenvalue weighted by atomic mass is 10.1. The first-order valence-corrected chi connectivity index (χ1v) is 3.23. The van der Waals surface area contributed by atoms with Crippen LogP contribution < -0.4 is 0 Å². The first-order valence-electron chi connectivity index (χ1n) is 3.23. The maximum Gasteiger partial charge on any atom is 0.336 e. The second-order valence-electron chi connectivity index (χ2n) is 2.28. The Kier molecular flexibility index (Phi) is 2.36. The van der Waals surface area contributed by atoms with Gasteiger partial charge in [-0.3, -0.25) is 4.79 Å². The van der Waals surface area contributed by atoms with E-state index in [4.69, 9.17) is 5.11 Å². The SMILES string of the molecule is O=Cc1cc(F)c(F)cc1C(=O)O. The number of hydrogen-bond acceptors (Lipinski definition) is 2. The lowest BCUT2D eigenvalue weighted by Gasteiger charge is -1.99. The third kappa shape index (κ3) is 1.69. The summed E-state index contributed by atoms with van der Waals surface area (Å²) < 4.78 is 25.0. The van der Waals surface area contributed by atoms with E-state index in [1.54, 1.807) is 0 Å². The van der Waals surface area contributed by atoms with Crippen molar-refractivity contribution in [3.8, 4) is 0 Å². The minimum atomic E-state index is -1.47. The first kappa shape index (κ1) is 9.31. The quantitative estimate of drug-likeness (QED) is 0.711. The number of carboxylic acids is 1. The molecule has 0 saturated carbocycles. The molecular formula is C8H4F2O3. The number of halogens is 2. The maximum absolute atomic E-state index is 12.5. The number of aromatic carboxylic acids is 1. The molecule has 0 heterocycles. The monoisotopic (exact) mass is 186 g/mol. The highest BCUT2D eigenvalue weighted by Crippen LogP contribution is 2.13. The Hall–Kier alpha value is -1.78. The van der Waals surface area contributed by atoms with Gasteiger partial charge >= 0.3 is 5.97 Å². The van der Waals surface area contributed by atoms with E-state index in [0.29, 0.717) is 12.1 Å². The van der Waals surface area contributed by atoms with Crippen molar-refractivity contribution in [1.29, 1.82) is 0 Å². The number of carboxylic acid groups (broad SMARTS) is 1. The molecular weight excluding hydrogens is 182 g/mol. The summed E-state index contributed by atoms with van der Waals surface area (Å²) in [7, 11) is 0. The van der Waals surface area contributed by atoms with E-state index in [-0.39, 0.29) is 11.8 Å². The van der Waals surface area contributed by atoms with Crippen LogP contribution in [0.25, 0.3) is 0 Å². The maximum atomic E-state index is 12.5. The number of hydrogen-bond donors (Lipinski definition) is 1. The van der Waals surface area contributed by atoms with Gasteiger partial charge in [0.2, 0.25) is 0 Å². The summed E-state index contributed by atoms with van der Waals surface area (Å²) in [6.45, 7) is 0. The molecule has 1 aromatic rings. The van der Waals surface area contributed by atoms with Crippen molar-refractivity contribution < 1.29 is 23.5 Å². The zero-order valence-electron chi connectivity index (χ0n) is 6.25. The van der Waals surface area contributed by atoms with Crippen LogP contribution in [-0.2, 0) is 0 Å². The van der Waals surface area contributed by atoms with Crippen LogP contribution in [0.2, 0.25) is 0 Å². The Balaban J connectivity index is 3.41. The number of rotatable bonds is 2. The lowest BCUT2D eigenvalue weighted by Crippen LogP contribution is -2.04. The fraction of sp³-hybridized carbons (Fsp3) is 0. The standard InChI is InChI=1S/C8H4F2O3/c9-6-1-4(3-11)5(8(12)13)2-7(6)10/h1-3H,(H,12,13). The van der Waals surface area contributed by atoms with Crippen molar-refractivity contribution in [3.63, 3.8) is 0 Å². The van der Waals surface area contributed by atoms with E-state index >= 15 is 0 Å². The van der Waals surface area contributed by atoms with Gasteiger partial charge in [0.1, 0.15) is 0 Å². The predicted molar refractivity (Wildman–Crippen MR) is 38.7 cm³/mol. The van der Waals surface area contributed by atoms with Gasteiger partial charge in [-0.1, -0.05) is 0 Å². The fourth-order valence-electron chi connectivity index (χ4n) is 0.845. The molecule has 0 aromatic heterocycles. The molecule has 0 amide bonds. The van der Waals surface area contributed by atoms with Crippen LogP contribution in [0.1, 0.15) is 20.7 Å². The Labute approximate surface area is 71.6 Å². The fourth-order valence-corrected chi connectivity index (χ4v) is 0.845. The van der Waals surface area contributed by atoms with E-state index < -0.39 is 23.2 Å². The largest absolute Gasteiger partial charge is 0.478 e. The van der Waals surface area contributed by atoms with Crippen molar-refractivity contribution in [2.75, 3.05) is 0 Å². The van der Waals surface area contributed by atoms with Crippen molar-refractivity contribution in [1.82, 2.24) is 0 Å². The smallest absolute Gasteiger partial charge is 0.336 e. The molecule has 0 spiro atoms. The molecule has 0 aliphatic carbocycles. The average Bonchev–Trinajstić information content (AvgIpc) is 2.08. The van der Waals surface area contributed by atoms with Gasteiger partial charge in [-0.15, -0.1) is 0 Å². The third-order valence-electron chi connectivity index (χ3n) is 1.45. The van der Waals surface area contributed by atoms with Crippen molar-refractivity contribution in [2.45, 2.75) is 0 Å². The van der Waals surface area contributed by atoms with Crippen LogP contribution in [0, 0.1) is 11.6 Å². The summed E-state index contributed by atoms with van der Waals surface area (Å²) in [5, 5.41) is 8.46. The molecule has 0 saturated heterocycles. The molecule has 5 heteroatoms. The van der Waals surface area contributed by atoms with Gasteiger partial charge in [0, 0.05) is 5.56 Å². The molecule has 3 nitrogen and oxygen atoms in total. The van der Waals surface area contributed by atoms with Gasteiger partial charge in [0.15, 0.2) is 17.9 Å². The number of benzene rings is 1. The molecule has 0 radical (unpaired) electrons. The van der Waals surface area contributed by atoms with E-state index in [9.17, 15) is 18.4 Å². The molecule has 68 valence electrons. The number of carbonyl (C=O) groups is 2. The molecule has 1 aromatic carbocycles. The zero-order valence-corrected chi connectivity index (χ0v) is 6.25. The third-order valence-corrected chi connectivity index (χ3v) is 1.45. The highest BCUT2D eigenvalue weighted by atomic mass is 19.2. The lowest BCUT2D eigenvalue weighted by molar-refractivity contribution is 0.0693. The minimum Gasteiger partial charge on any atom is -0.478 e. The van der Waals surface area contributed by atoms with E-state index in [1.165, 1.54) is 0 Å². The highest BCUT2D eigenvalue weighted by Gasteiger charge is 2.14. The Morgan fingerprint density at radius 2 is 1.85 bits per heavy atom. The molecule has 0 unspecified atom stereocenters. The van der Waals surface area contributed by atoms with Crippen molar-refractivity contribution >= 4 is 12.3 Å². The minimum absolute atomic E-state index is 0.159.